The molecule has 0 unspecified atom stereocenters. The molecule has 0 radical (unpaired) electrons. The number of aldehydes is 1. The van der Waals surface area contributed by atoms with Crippen LogP contribution in [-0.2, 0) is 28.5 Å². The number of aliphatic hydroxyl groups is 6. The molecule has 1 aromatic rings. The fraction of sp³-hybridized carbons (Fsp3) is 0.520. The number of hydrogen-bond acceptors (Lipinski definition) is 13. The Balaban J connectivity index is 1.55. The van der Waals surface area contributed by atoms with E-state index in [-0.39, 0.29) is 11.3 Å². The maximum Gasteiger partial charge on any atom is 0.331 e. The SMILES string of the molecule is C[C@]1(O)[C@@H](OC(=O)/C=C\c2ccc(O)cc2)C[C@]2(O)C(C=O)=CO[C@@H](O[C@@H]3O[C@@H](CO)[C@@H](O)[C@H](O)[C@H]3O)[C@H]12. The smallest absolute Gasteiger partial charge is 0.331 e. The van der Waals surface area contributed by atoms with E-state index >= 15 is 0 Å². The Morgan fingerprint density at radius 3 is 2.42 bits per heavy atom. The number of fused-ring (bicyclic) bond motifs is 1. The number of phenols is 1. The lowest BCUT2D eigenvalue weighted by Crippen LogP contribution is -2.62. The first-order valence-electron chi connectivity index (χ1n) is 11.8. The van der Waals surface area contributed by atoms with Gasteiger partial charge in [-0.25, -0.2) is 4.79 Å². The zero-order chi connectivity index (χ0) is 27.8. The minimum atomic E-state index is -2.09. The molecule has 0 bridgehead atoms. The zero-order valence-electron chi connectivity index (χ0n) is 20.2. The van der Waals surface area contributed by atoms with E-state index in [1.807, 2.05) is 0 Å². The van der Waals surface area contributed by atoms with Gasteiger partial charge in [-0.1, -0.05) is 12.1 Å². The molecule has 38 heavy (non-hydrogen) atoms. The molecule has 1 saturated heterocycles. The van der Waals surface area contributed by atoms with E-state index in [1.54, 1.807) is 12.1 Å². The summed E-state index contributed by atoms with van der Waals surface area (Å²) >= 11 is 0. The highest BCUT2D eigenvalue weighted by atomic mass is 16.8. The third-order valence-corrected chi connectivity index (χ3v) is 7.20. The van der Waals surface area contributed by atoms with Crippen molar-refractivity contribution >= 4 is 18.3 Å². The number of phenolic OH excluding ortho intramolecular Hbond substituents is 1. The van der Waals surface area contributed by atoms with Gasteiger partial charge in [-0.3, -0.25) is 4.79 Å². The van der Waals surface area contributed by atoms with E-state index in [2.05, 4.69) is 0 Å². The molecule has 2 aliphatic heterocycles. The molecule has 208 valence electrons. The number of aliphatic hydroxyl groups excluding tert-OH is 4. The van der Waals surface area contributed by atoms with Crippen molar-refractivity contribution in [2.45, 2.75) is 67.6 Å². The van der Waals surface area contributed by atoms with Crippen molar-refractivity contribution in [2.75, 3.05) is 6.61 Å². The number of carbonyl (C=O) groups excluding carboxylic acids is 2. The number of hydrogen-bond donors (Lipinski definition) is 7. The van der Waals surface area contributed by atoms with Gasteiger partial charge in [0.25, 0.3) is 0 Å². The van der Waals surface area contributed by atoms with Crippen LogP contribution in [0.25, 0.3) is 6.08 Å². The lowest BCUT2D eigenvalue weighted by molar-refractivity contribution is -0.352. The highest BCUT2D eigenvalue weighted by molar-refractivity contribution is 5.87. The maximum absolute atomic E-state index is 12.5. The molecule has 1 aromatic carbocycles. The van der Waals surface area contributed by atoms with Crippen LogP contribution in [0.2, 0.25) is 0 Å². The van der Waals surface area contributed by atoms with Crippen molar-refractivity contribution in [3.05, 3.63) is 47.7 Å². The van der Waals surface area contributed by atoms with E-state index in [0.717, 1.165) is 12.3 Å². The van der Waals surface area contributed by atoms with Crippen LogP contribution in [0.15, 0.2) is 42.2 Å². The lowest BCUT2D eigenvalue weighted by Gasteiger charge is -2.46. The Morgan fingerprint density at radius 1 is 1.11 bits per heavy atom. The molecule has 2 heterocycles. The van der Waals surface area contributed by atoms with Gasteiger partial charge in [0.15, 0.2) is 12.6 Å². The normalized spacial score (nSPS) is 40.8. The molecule has 0 aromatic heterocycles. The minimum absolute atomic E-state index is 0.0457. The number of benzene rings is 1. The third kappa shape index (κ3) is 5.07. The average molecular weight is 539 g/mol. The largest absolute Gasteiger partial charge is 0.508 e. The first-order valence-corrected chi connectivity index (χ1v) is 11.8. The number of carbonyl (C=O) groups is 2. The minimum Gasteiger partial charge on any atom is -0.508 e. The Bertz CT molecular complexity index is 1080. The Morgan fingerprint density at radius 2 is 1.79 bits per heavy atom. The summed E-state index contributed by atoms with van der Waals surface area (Å²) in [6.45, 7) is 0.532. The van der Waals surface area contributed by atoms with E-state index in [4.69, 9.17) is 18.9 Å². The van der Waals surface area contributed by atoms with Crippen LogP contribution in [0, 0.1) is 5.92 Å². The van der Waals surface area contributed by atoms with Crippen LogP contribution < -0.4 is 0 Å². The molecular formula is C25H30O13. The van der Waals surface area contributed by atoms with Gasteiger partial charge in [0.05, 0.1) is 24.4 Å². The summed E-state index contributed by atoms with van der Waals surface area (Å²) in [5.41, 5.74) is -3.81. The third-order valence-electron chi connectivity index (χ3n) is 7.20. The molecule has 13 nitrogen and oxygen atoms in total. The second kappa shape index (κ2) is 10.7. The van der Waals surface area contributed by atoms with E-state index < -0.39 is 79.2 Å². The molecular weight excluding hydrogens is 508 g/mol. The second-order valence-corrected chi connectivity index (χ2v) is 9.71. The molecule has 0 spiro atoms. The van der Waals surface area contributed by atoms with E-state index in [0.29, 0.717) is 11.8 Å². The van der Waals surface area contributed by atoms with Crippen molar-refractivity contribution in [2.24, 2.45) is 5.92 Å². The first-order chi connectivity index (χ1) is 17.9. The highest BCUT2D eigenvalue weighted by Crippen LogP contribution is 2.52. The van der Waals surface area contributed by atoms with Crippen LogP contribution in [0.1, 0.15) is 18.9 Å². The van der Waals surface area contributed by atoms with Gasteiger partial charge < -0.3 is 54.7 Å². The van der Waals surface area contributed by atoms with E-state index in [1.165, 1.54) is 25.1 Å². The summed E-state index contributed by atoms with van der Waals surface area (Å²) in [5.74, 6) is -2.27. The predicted molar refractivity (Wildman–Crippen MR) is 125 cm³/mol. The van der Waals surface area contributed by atoms with Crippen molar-refractivity contribution in [3.63, 3.8) is 0 Å². The summed E-state index contributed by atoms with van der Waals surface area (Å²) in [6, 6.07) is 5.97. The first kappa shape index (κ1) is 28.1. The Kier molecular flexibility index (Phi) is 7.93. The van der Waals surface area contributed by atoms with Crippen LogP contribution in [0.5, 0.6) is 5.75 Å². The van der Waals surface area contributed by atoms with Crippen LogP contribution >= 0.6 is 0 Å². The Hall–Kier alpha value is -2.88. The van der Waals surface area contributed by atoms with Gasteiger partial charge in [0.1, 0.15) is 47.5 Å². The average Bonchev–Trinajstić information content (AvgIpc) is 3.09. The van der Waals surface area contributed by atoms with Crippen LogP contribution in [0.3, 0.4) is 0 Å². The molecule has 1 aliphatic carbocycles. The molecule has 13 heteroatoms. The number of aromatic hydroxyl groups is 1. The van der Waals surface area contributed by atoms with E-state index in [9.17, 15) is 45.3 Å². The fourth-order valence-corrected chi connectivity index (χ4v) is 5.06. The quantitative estimate of drug-likeness (QED) is 0.115. The topological polar surface area (TPSA) is 213 Å². The zero-order valence-corrected chi connectivity index (χ0v) is 20.2. The molecule has 2 fully saturated rings. The van der Waals surface area contributed by atoms with Gasteiger partial charge >= 0.3 is 5.97 Å². The summed E-state index contributed by atoms with van der Waals surface area (Å²) in [4.78, 5) is 24.3. The molecule has 0 amide bonds. The predicted octanol–water partition coefficient (Wildman–Crippen LogP) is -1.93. The number of ether oxygens (including phenoxy) is 4. The second-order valence-electron chi connectivity index (χ2n) is 9.71. The maximum atomic E-state index is 12.5. The summed E-state index contributed by atoms with van der Waals surface area (Å²) in [7, 11) is 0. The van der Waals surface area contributed by atoms with Crippen molar-refractivity contribution < 1.29 is 64.3 Å². The molecule has 1 saturated carbocycles. The van der Waals surface area contributed by atoms with Gasteiger partial charge in [-0.2, -0.15) is 0 Å². The van der Waals surface area contributed by atoms with Crippen molar-refractivity contribution in [3.8, 4) is 5.75 Å². The lowest BCUT2D eigenvalue weighted by atomic mass is 9.78. The fourth-order valence-electron chi connectivity index (χ4n) is 5.06. The Labute approximate surface area is 216 Å². The van der Waals surface area contributed by atoms with Gasteiger partial charge in [-0.05, 0) is 30.7 Å². The van der Waals surface area contributed by atoms with Crippen LogP contribution in [0.4, 0.5) is 0 Å². The monoisotopic (exact) mass is 538 g/mol. The summed E-state index contributed by atoms with van der Waals surface area (Å²) in [6.07, 6.45) is -7.78. The molecule has 10 atom stereocenters. The van der Waals surface area contributed by atoms with Crippen LogP contribution in [-0.4, -0.2) is 109 Å². The summed E-state index contributed by atoms with van der Waals surface area (Å²) < 4.78 is 21.8. The number of esters is 1. The van der Waals surface area contributed by atoms with Gasteiger partial charge in [-0.15, -0.1) is 0 Å². The van der Waals surface area contributed by atoms with Crippen molar-refractivity contribution in [1.82, 2.24) is 0 Å². The van der Waals surface area contributed by atoms with Gasteiger partial charge in [0, 0.05) is 12.5 Å². The van der Waals surface area contributed by atoms with Crippen molar-refractivity contribution in [1.29, 1.82) is 0 Å². The highest BCUT2D eigenvalue weighted by Gasteiger charge is 2.68. The standard InChI is InChI=1S/C25H30O13/c1-24(33)16(37-17(29)7-4-12-2-5-14(28)6-3-12)8-25(34)13(9-26)11-35-23(21(24)25)38-22-20(32)19(31)18(30)15(10-27)36-22/h2-7,9,11,15-16,18-23,27-28,30-34H,8,10H2,1H3/b7-4-/t15-,16-,18+,19-,20+,21+,22-,23-,24-,25-/m0/s1. The molecule has 4 rings (SSSR count). The molecule has 3 aliphatic rings. The van der Waals surface area contributed by atoms with Gasteiger partial charge in [0.2, 0.25) is 6.29 Å². The number of rotatable bonds is 7. The summed E-state index contributed by atoms with van der Waals surface area (Å²) in [5, 5.41) is 72.1. The molecule has 7 N–H and O–H groups in total.